The summed E-state index contributed by atoms with van der Waals surface area (Å²) in [5.74, 6) is 0. The lowest BCUT2D eigenvalue weighted by Gasteiger charge is -2.38. The molecule has 2 rings (SSSR count). The molecule has 0 saturated carbocycles. The first kappa shape index (κ1) is 10.4. The Morgan fingerprint density at radius 1 is 1.29 bits per heavy atom. The molecule has 2 heterocycles. The van der Waals surface area contributed by atoms with Gasteiger partial charge in [0.15, 0.2) is 0 Å². The Hall–Kier alpha value is -0.120. The lowest BCUT2D eigenvalue weighted by atomic mass is 10.0. The summed E-state index contributed by atoms with van der Waals surface area (Å²) in [7, 11) is 4.49. The first-order valence-corrected chi connectivity index (χ1v) is 5.75. The Kier molecular flexibility index (Phi) is 3.42. The zero-order valence-corrected chi connectivity index (χ0v) is 9.41. The molecule has 2 aliphatic rings. The highest BCUT2D eigenvalue weighted by molar-refractivity contribution is 4.83. The van der Waals surface area contributed by atoms with Gasteiger partial charge in [-0.1, -0.05) is 0 Å². The molecule has 0 aromatic carbocycles. The Balaban J connectivity index is 1.86. The van der Waals surface area contributed by atoms with Gasteiger partial charge in [-0.15, -0.1) is 0 Å². The molecular weight excluding hydrogens is 176 g/mol. The average molecular weight is 198 g/mol. The van der Waals surface area contributed by atoms with E-state index in [0.29, 0.717) is 6.04 Å². The van der Waals surface area contributed by atoms with Crippen LogP contribution in [0.25, 0.3) is 0 Å². The molecule has 3 heteroatoms. The third-order valence-electron chi connectivity index (χ3n) is 3.66. The minimum Gasteiger partial charge on any atom is -0.380 e. The second-order valence-corrected chi connectivity index (χ2v) is 4.74. The average Bonchev–Trinajstić information content (AvgIpc) is 2.69. The van der Waals surface area contributed by atoms with Gasteiger partial charge >= 0.3 is 0 Å². The topological polar surface area (TPSA) is 15.7 Å². The van der Waals surface area contributed by atoms with Gasteiger partial charge in [-0.3, -0.25) is 4.90 Å². The second kappa shape index (κ2) is 4.60. The maximum Gasteiger partial charge on any atom is 0.0622 e. The predicted molar refractivity (Wildman–Crippen MR) is 57.5 cm³/mol. The summed E-state index contributed by atoms with van der Waals surface area (Å²) in [6.07, 6.45) is 3.92. The monoisotopic (exact) mass is 198 g/mol. The molecule has 2 aliphatic heterocycles. The third-order valence-corrected chi connectivity index (χ3v) is 3.66. The van der Waals surface area contributed by atoms with E-state index in [1.165, 1.54) is 32.4 Å². The van der Waals surface area contributed by atoms with Gasteiger partial charge in [0.05, 0.1) is 6.61 Å². The van der Waals surface area contributed by atoms with Crippen LogP contribution in [0.4, 0.5) is 0 Å². The molecule has 82 valence electrons. The second-order valence-electron chi connectivity index (χ2n) is 4.74. The van der Waals surface area contributed by atoms with Crippen LogP contribution in [-0.4, -0.2) is 62.3 Å². The standard InChI is InChI=1S/C11H22N2O/c1-12-6-3-4-10(8-12)13(2)11-5-7-14-9-11/h10-11H,3-9H2,1-2H3. The van der Waals surface area contributed by atoms with Gasteiger partial charge in [-0.25, -0.2) is 0 Å². The van der Waals surface area contributed by atoms with E-state index in [0.717, 1.165) is 19.3 Å². The van der Waals surface area contributed by atoms with Crippen LogP contribution in [0.3, 0.4) is 0 Å². The number of piperidine rings is 1. The minimum atomic E-state index is 0.673. The molecule has 2 saturated heterocycles. The molecule has 0 aromatic heterocycles. The summed E-state index contributed by atoms with van der Waals surface area (Å²) in [6, 6.07) is 1.42. The normalized spacial score (nSPS) is 35.4. The molecule has 2 fully saturated rings. The highest BCUT2D eigenvalue weighted by atomic mass is 16.5. The first-order chi connectivity index (χ1) is 6.77. The zero-order chi connectivity index (χ0) is 9.97. The highest BCUT2D eigenvalue weighted by Crippen LogP contribution is 2.19. The lowest BCUT2D eigenvalue weighted by molar-refractivity contribution is 0.0870. The molecule has 0 bridgehead atoms. The van der Waals surface area contributed by atoms with Crippen LogP contribution in [-0.2, 0) is 4.74 Å². The quantitative estimate of drug-likeness (QED) is 0.653. The fourth-order valence-corrected chi connectivity index (χ4v) is 2.61. The van der Waals surface area contributed by atoms with Crippen molar-refractivity contribution in [3.8, 4) is 0 Å². The molecule has 2 unspecified atom stereocenters. The van der Waals surface area contributed by atoms with Crippen LogP contribution >= 0.6 is 0 Å². The van der Waals surface area contributed by atoms with Gasteiger partial charge in [0.1, 0.15) is 0 Å². The van der Waals surface area contributed by atoms with Crippen LogP contribution in [0.2, 0.25) is 0 Å². The Bertz CT molecular complexity index is 180. The van der Waals surface area contributed by atoms with Crippen molar-refractivity contribution in [1.29, 1.82) is 0 Å². The molecular formula is C11H22N2O. The van der Waals surface area contributed by atoms with Gasteiger partial charge in [-0.05, 0) is 39.9 Å². The summed E-state index contributed by atoms with van der Waals surface area (Å²) in [4.78, 5) is 4.99. The SMILES string of the molecule is CN1CCCC(N(C)C2CCOC2)C1. The van der Waals surface area contributed by atoms with E-state index in [4.69, 9.17) is 4.74 Å². The van der Waals surface area contributed by atoms with Crippen LogP contribution < -0.4 is 0 Å². The maximum absolute atomic E-state index is 5.44. The Morgan fingerprint density at radius 2 is 2.14 bits per heavy atom. The molecule has 3 nitrogen and oxygen atoms in total. The summed E-state index contributed by atoms with van der Waals surface area (Å²) in [5, 5.41) is 0. The van der Waals surface area contributed by atoms with Crippen molar-refractivity contribution >= 4 is 0 Å². The smallest absolute Gasteiger partial charge is 0.0622 e. The molecule has 0 aromatic rings. The summed E-state index contributed by atoms with van der Waals surface area (Å²) >= 11 is 0. The maximum atomic E-state index is 5.44. The molecule has 0 amide bonds. The van der Waals surface area contributed by atoms with Crippen molar-refractivity contribution in [2.24, 2.45) is 0 Å². The van der Waals surface area contributed by atoms with Crippen molar-refractivity contribution in [2.45, 2.75) is 31.3 Å². The van der Waals surface area contributed by atoms with Crippen molar-refractivity contribution in [2.75, 3.05) is 40.4 Å². The summed E-state index contributed by atoms with van der Waals surface area (Å²) in [6.45, 7) is 4.40. The third kappa shape index (κ3) is 2.27. The van der Waals surface area contributed by atoms with Gasteiger partial charge in [-0.2, -0.15) is 0 Å². The van der Waals surface area contributed by atoms with Crippen LogP contribution in [0.5, 0.6) is 0 Å². The number of likely N-dealkylation sites (tertiary alicyclic amines) is 1. The molecule has 0 aliphatic carbocycles. The van der Waals surface area contributed by atoms with Crippen LogP contribution in [0.1, 0.15) is 19.3 Å². The minimum absolute atomic E-state index is 0.673. The van der Waals surface area contributed by atoms with E-state index in [2.05, 4.69) is 23.9 Å². The predicted octanol–water partition coefficient (Wildman–Crippen LogP) is 0.801. The van der Waals surface area contributed by atoms with E-state index in [9.17, 15) is 0 Å². The first-order valence-electron chi connectivity index (χ1n) is 5.75. The van der Waals surface area contributed by atoms with Crippen LogP contribution in [0, 0.1) is 0 Å². The van der Waals surface area contributed by atoms with Gasteiger partial charge in [0, 0.05) is 25.2 Å². The van der Waals surface area contributed by atoms with Gasteiger partial charge in [0.2, 0.25) is 0 Å². The fraction of sp³-hybridized carbons (Fsp3) is 1.00. The van der Waals surface area contributed by atoms with E-state index >= 15 is 0 Å². The van der Waals surface area contributed by atoms with Crippen molar-refractivity contribution < 1.29 is 4.74 Å². The summed E-state index contributed by atoms with van der Waals surface area (Å²) in [5.41, 5.74) is 0. The van der Waals surface area contributed by atoms with Crippen molar-refractivity contribution in [1.82, 2.24) is 9.80 Å². The van der Waals surface area contributed by atoms with E-state index < -0.39 is 0 Å². The van der Waals surface area contributed by atoms with Crippen LogP contribution in [0.15, 0.2) is 0 Å². The van der Waals surface area contributed by atoms with Crippen molar-refractivity contribution in [3.05, 3.63) is 0 Å². The largest absolute Gasteiger partial charge is 0.380 e. The van der Waals surface area contributed by atoms with E-state index in [1.54, 1.807) is 0 Å². The van der Waals surface area contributed by atoms with E-state index in [-0.39, 0.29) is 0 Å². The number of ether oxygens (including phenoxy) is 1. The number of nitrogens with zero attached hydrogens (tertiary/aromatic N) is 2. The lowest BCUT2D eigenvalue weighted by Crippen LogP contribution is -2.49. The molecule has 0 spiro atoms. The number of hydrogen-bond donors (Lipinski definition) is 0. The molecule has 14 heavy (non-hydrogen) atoms. The van der Waals surface area contributed by atoms with Gasteiger partial charge in [0.25, 0.3) is 0 Å². The molecule has 0 N–H and O–H groups in total. The fourth-order valence-electron chi connectivity index (χ4n) is 2.61. The highest BCUT2D eigenvalue weighted by Gasteiger charge is 2.28. The Labute approximate surface area is 87.0 Å². The van der Waals surface area contributed by atoms with E-state index in [1.807, 2.05) is 0 Å². The number of rotatable bonds is 2. The zero-order valence-electron chi connectivity index (χ0n) is 9.41. The number of hydrogen-bond acceptors (Lipinski definition) is 3. The summed E-state index contributed by atoms with van der Waals surface area (Å²) < 4.78 is 5.44. The molecule has 2 atom stereocenters. The van der Waals surface area contributed by atoms with Gasteiger partial charge < -0.3 is 9.64 Å². The Morgan fingerprint density at radius 3 is 2.79 bits per heavy atom. The van der Waals surface area contributed by atoms with Crippen molar-refractivity contribution in [3.63, 3.8) is 0 Å². The molecule has 0 radical (unpaired) electrons. The number of likely N-dealkylation sites (N-methyl/N-ethyl adjacent to an activating group) is 2.